The van der Waals surface area contributed by atoms with Gasteiger partial charge in [0.1, 0.15) is 0 Å². The molecule has 0 fully saturated rings. The highest BCUT2D eigenvalue weighted by atomic mass is 79.9. The van der Waals surface area contributed by atoms with Crippen LogP contribution in [-0.4, -0.2) is 36.0 Å². The van der Waals surface area contributed by atoms with Gasteiger partial charge in [0.05, 0.1) is 28.4 Å². The molecule has 25 heavy (non-hydrogen) atoms. The summed E-state index contributed by atoms with van der Waals surface area (Å²) in [5, 5.41) is 10.9. The number of amides is 1. The molecule has 1 aromatic carbocycles. The number of methoxy groups -OCH3 is 1. The minimum absolute atomic E-state index is 0.126. The van der Waals surface area contributed by atoms with E-state index in [2.05, 4.69) is 15.9 Å². The van der Waals surface area contributed by atoms with Crippen LogP contribution < -0.4 is 9.47 Å². The number of halogens is 1. The van der Waals surface area contributed by atoms with Crippen molar-refractivity contribution in [1.82, 2.24) is 4.90 Å². The molecule has 0 aliphatic rings. The van der Waals surface area contributed by atoms with E-state index < -0.39 is 4.92 Å². The van der Waals surface area contributed by atoms with Crippen LogP contribution in [0, 0.1) is 10.1 Å². The van der Waals surface area contributed by atoms with Gasteiger partial charge in [-0.05, 0) is 41.1 Å². The normalized spacial score (nSPS) is 10.4. The predicted octanol–water partition coefficient (Wildman–Crippen LogP) is 3.85. The SMILES string of the molecule is CCN(Cc1ccc(Br)s1)C(=O)COc1cc([N+](=O)[O-])ccc1OC. The first kappa shape index (κ1) is 19.2. The number of ether oxygens (including phenoxy) is 2. The number of nitro benzene ring substituents is 1. The Morgan fingerprint density at radius 2 is 2.08 bits per heavy atom. The van der Waals surface area contributed by atoms with Gasteiger partial charge in [-0.1, -0.05) is 0 Å². The maximum atomic E-state index is 12.4. The third-order valence-electron chi connectivity index (χ3n) is 3.42. The van der Waals surface area contributed by atoms with Crippen molar-refractivity contribution in [3.05, 3.63) is 49.1 Å². The van der Waals surface area contributed by atoms with Crippen molar-refractivity contribution < 1.29 is 19.2 Å². The number of nitro groups is 1. The summed E-state index contributed by atoms with van der Waals surface area (Å²) < 4.78 is 11.6. The first-order valence-electron chi connectivity index (χ1n) is 7.41. The molecule has 2 rings (SSSR count). The molecule has 0 radical (unpaired) electrons. The molecular weight excluding hydrogens is 412 g/mol. The zero-order chi connectivity index (χ0) is 18.4. The van der Waals surface area contributed by atoms with Crippen molar-refractivity contribution in [2.24, 2.45) is 0 Å². The fourth-order valence-corrected chi connectivity index (χ4v) is 3.62. The lowest BCUT2D eigenvalue weighted by Gasteiger charge is -2.20. The van der Waals surface area contributed by atoms with Gasteiger partial charge in [0.15, 0.2) is 18.1 Å². The molecule has 0 saturated heterocycles. The van der Waals surface area contributed by atoms with Crippen molar-refractivity contribution in [2.75, 3.05) is 20.3 Å². The standard InChI is InChI=1S/C16H17BrN2O5S/c1-3-18(9-12-5-7-15(17)25-12)16(20)10-24-14-8-11(19(21)22)4-6-13(14)23-2/h4-8H,3,9-10H2,1-2H3. The van der Waals surface area contributed by atoms with Crippen LogP contribution in [0.2, 0.25) is 0 Å². The Morgan fingerprint density at radius 1 is 1.32 bits per heavy atom. The van der Waals surface area contributed by atoms with Gasteiger partial charge in [0.2, 0.25) is 0 Å². The van der Waals surface area contributed by atoms with Crippen LogP contribution in [0.3, 0.4) is 0 Å². The molecule has 0 bridgehead atoms. The van der Waals surface area contributed by atoms with Crippen LogP contribution in [0.5, 0.6) is 11.5 Å². The summed E-state index contributed by atoms with van der Waals surface area (Å²) >= 11 is 4.96. The minimum Gasteiger partial charge on any atom is -0.493 e. The molecule has 9 heteroatoms. The van der Waals surface area contributed by atoms with Crippen LogP contribution in [-0.2, 0) is 11.3 Å². The largest absolute Gasteiger partial charge is 0.493 e. The summed E-state index contributed by atoms with van der Waals surface area (Å²) in [6.07, 6.45) is 0. The lowest BCUT2D eigenvalue weighted by molar-refractivity contribution is -0.385. The Bertz CT molecular complexity index is 765. The molecule has 0 aliphatic heterocycles. The maximum absolute atomic E-state index is 12.4. The number of thiophene rings is 1. The molecule has 2 aromatic rings. The summed E-state index contributed by atoms with van der Waals surface area (Å²) in [6.45, 7) is 2.68. The van der Waals surface area contributed by atoms with Gasteiger partial charge < -0.3 is 14.4 Å². The third kappa shape index (κ3) is 5.17. The summed E-state index contributed by atoms with van der Waals surface area (Å²) in [6, 6.07) is 7.90. The zero-order valence-electron chi connectivity index (χ0n) is 13.7. The Morgan fingerprint density at radius 3 is 2.64 bits per heavy atom. The molecule has 1 amide bonds. The summed E-state index contributed by atoms with van der Waals surface area (Å²) in [5.74, 6) is 0.296. The Balaban J connectivity index is 2.04. The lowest BCUT2D eigenvalue weighted by atomic mass is 10.3. The fourth-order valence-electron chi connectivity index (χ4n) is 2.12. The second kappa shape index (κ2) is 8.82. The van der Waals surface area contributed by atoms with E-state index in [1.54, 1.807) is 16.2 Å². The molecule has 0 N–H and O–H groups in total. The number of likely N-dealkylation sites (N-methyl/N-ethyl adjacent to an activating group) is 1. The van der Waals surface area contributed by atoms with Gasteiger partial charge in [-0.25, -0.2) is 0 Å². The molecule has 1 heterocycles. The Hall–Kier alpha value is -2.13. The van der Waals surface area contributed by atoms with Crippen LogP contribution in [0.25, 0.3) is 0 Å². The molecule has 0 unspecified atom stereocenters. The number of nitrogens with zero attached hydrogens (tertiary/aromatic N) is 2. The number of carbonyl (C=O) groups excluding carboxylic acids is 1. The number of hydrogen-bond donors (Lipinski definition) is 0. The number of benzene rings is 1. The van der Waals surface area contributed by atoms with Gasteiger partial charge in [0, 0.05) is 17.5 Å². The van der Waals surface area contributed by atoms with Gasteiger partial charge in [-0.15, -0.1) is 11.3 Å². The van der Waals surface area contributed by atoms with E-state index in [1.807, 2.05) is 19.1 Å². The van der Waals surface area contributed by atoms with Gasteiger partial charge in [0.25, 0.3) is 11.6 Å². The topological polar surface area (TPSA) is 81.9 Å². The second-order valence-electron chi connectivity index (χ2n) is 4.99. The number of hydrogen-bond acceptors (Lipinski definition) is 6. The van der Waals surface area contributed by atoms with E-state index in [9.17, 15) is 14.9 Å². The number of rotatable bonds is 8. The van der Waals surface area contributed by atoms with E-state index in [-0.39, 0.29) is 24.0 Å². The lowest BCUT2D eigenvalue weighted by Crippen LogP contribution is -2.34. The van der Waals surface area contributed by atoms with E-state index >= 15 is 0 Å². The van der Waals surface area contributed by atoms with Crippen LogP contribution in [0.4, 0.5) is 5.69 Å². The highest BCUT2D eigenvalue weighted by Gasteiger charge is 2.17. The number of non-ortho nitro benzene ring substituents is 1. The Kier molecular flexibility index (Phi) is 6.77. The monoisotopic (exact) mass is 428 g/mol. The first-order valence-corrected chi connectivity index (χ1v) is 9.02. The Labute approximate surface area is 157 Å². The first-order chi connectivity index (χ1) is 11.9. The van der Waals surface area contributed by atoms with Gasteiger partial charge in [-0.2, -0.15) is 0 Å². The molecule has 7 nitrogen and oxygen atoms in total. The van der Waals surface area contributed by atoms with Crippen LogP contribution in [0.15, 0.2) is 34.1 Å². The van der Waals surface area contributed by atoms with Crippen molar-refractivity contribution in [2.45, 2.75) is 13.5 Å². The minimum atomic E-state index is -0.527. The average Bonchev–Trinajstić information content (AvgIpc) is 3.02. The van der Waals surface area contributed by atoms with Crippen LogP contribution >= 0.6 is 27.3 Å². The van der Waals surface area contributed by atoms with Crippen molar-refractivity contribution in [1.29, 1.82) is 0 Å². The van der Waals surface area contributed by atoms with E-state index in [0.717, 1.165) is 8.66 Å². The maximum Gasteiger partial charge on any atom is 0.273 e. The molecule has 134 valence electrons. The van der Waals surface area contributed by atoms with Crippen molar-refractivity contribution >= 4 is 38.9 Å². The molecule has 0 aliphatic carbocycles. The quantitative estimate of drug-likeness (QED) is 0.470. The third-order valence-corrected chi connectivity index (χ3v) is 5.03. The highest BCUT2D eigenvalue weighted by molar-refractivity contribution is 9.11. The van der Waals surface area contributed by atoms with E-state index in [1.165, 1.54) is 25.3 Å². The molecule has 0 atom stereocenters. The second-order valence-corrected chi connectivity index (χ2v) is 7.54. The summed E-state index contributed by atoms with van der Waals surface area (Å²) in [4.78, 5) is 25.5. The fraction of sp³-hybridized carbons (Fsp3) is 0.312. The summed E-state index contributed by atoms with van der Waals surface area (Å²) in [5.41, 5.74) is -0.126. The molecule has 0 spiro atoms. The van der Waals surface area contributed by atoms with Crippen LogP contribution in [0.1, 0.15) is 11.8 Å². The summed E-state index contributed by atoms with van der Waals surface area (Å²) in [7, 11) is 1.43. The van der Waals surface area contributed by atoms with E-state index in [0.29, 0.717) is 18.8 Å². The predicted molar refractivity (Wildman–Crippen MR) is 98.3 cm³/mol. The molecule has 0 saturated carbocycles. The van der Waals surface area contributed by atoms with Gasteiger partial charge in [-0.3, -0.25) is 14.9 Å². The van der Waals surface area contributed by atoms with Crippen molar-refractivity contribution in [3.63, 3.8) is 0 Å². The number of carbonyl (C=O) groups is 1. The smallest absolute Gasteiger partial charge is 0.273 e. The van der Waals surface area contributed by atoms with Gasteiger partial charge >= 0.3 is 0 Å². The van der Waals surface area contributed by atoms with E-state index in [4.69, 9.17) is 9.47 Å². The molecular formula is C16H17BrN2O5S. The molecule has 1 aromatic heterocycles. The highest BCUT2D eigenvalue weighted by Crippen LogP contribution is 2.31. The zero-order valence-corrected chi connectivity index (χ0v) is 16.1. The van der Waals surface area contributed by atoms with Crippen molar-refractivity contribution in [3.8, 4) is 11.5 Å². The average molecular weight is 429 g/mol.